The second-order valence-electron chi connectivity index (χ2n) is 16.5. The number of amides is 1. The van der Waals surface area contributed by atoms with Crippen molar-refractivity contribution in [2.45, 2.75) is 98.9 Å². The highest BCUT2D eigenvalue weighted by atomic mass is 32.2. The Bertz CT molecular complexity index is 2690. The summed E-state index contributed by atoms with van der Waals surface area (Å²) in [6, 6.07) is 8.44. The number of carboxylic acids is 2. The first kappa shape index (κ1) is 42.8. The summed E-state index contributed by atoms with van der Waals surface area (Å²) in [5.41, 5.74) is 4.90. The number of carboxylic acid groups (broad SMARTS) is 2. The number of ether oxygens (including phenoxy) is 1. The molecular formula is C43H51N4O12S2+. The topological polar surface area (TPSA) is 229 Å². The van der Waals surface area contributed by atoms with Gasteiger partial charge in [0.25, 0.3) is 10.1 Å². The molecule has 5 aliphatic rings. The van der Waals surface area contributed by atoms with Crippen LogP contribution >= 0.6 is 0 Å². The molecule has 0 bridgehead atoms. The zero-order chi connectivity index (χ0) is 43.3. The summed E-state index contributed by atoms with van der Waals surface area (Å²) in [4.78, 5) is 36.4. The molecule has 5 aliphatic heterocycles. The maximum atomic E-state index is 14.0. The summed E-state index contributed by atoms with van der Waals surface area (Å²) in [6.45, 7) is 3.95. The minimum absolute atomic E-state index is 0.00690. The Morgan fingerprint density at radius 1 is 0.836 bits per heavy atom. The average Bonchev–Trinajstić information content (AvgIpc) is 3.22. The summed E-state index contributed by atoms with van der Waals surface area (Å²) in [7, 11) is -7.64. The molecule has 16 nitrogen and oxygen atoms in total. The Balaban J connectivity index is 1.10. The lowest BCUT2D eigenvalue weighted by Crippen LogP contribution is -2.45. The predicted octanol–water partition coefficient (Wildman–Crippen LogP) is 1.70. The van der Waals surface area contributed by atoms with Crippen LogP contribution in [0.25, 0.3) is 5.57 Å². The van der Waals surface area contributed by atoms with Crippen LogP contribution in [0.5, 0.6) is 11.5 Å². The number of hydrogen-bond donors (Lipinski definition) is 5. The van der Waals surface area contributed by atoms with E-state index in [4.69, 9.17) is 14.0 Å². The van der Waals surface area contributed by atoms with Gasteiger partial charge in [-0.1, -0.05) is 12.5 Å². The van der Waals surface area contributed by atoms with Crippen LogP contribution in [0.15, 0.2) is 40.1 Å². The molecule has 18 heteroatoms. The third-order valence-corrected chi connectivity index (χ3v) is 15.2. The molecule has 1 atom stereocenters. The lowest BCUT2D eigenvalue weighted by Gasteiger charge is -2.39. The van der Waals surface area contributed by atoms with E-state index >= 15 is 0 Å². The molecule has 0 saturated carbocycles. The van der Waals surface area contributed by atoms with Crippen molar-refractivity contribution in [3.63, 3.8) is 0 Å². The van der Waals surface area contributed by atoms with Gasteiger partial charge in [-0.25, -0.2) is 22.5 Å². The number of anilines is 1. The molecule has 0 spiro atoms. The maximum absolute atomic E-state index is 14.0. The molecule has 61 heavy (non-hydrogen) atoms. The van der Waals surface area contributed by atoms with Crippen LogP contribution in [-0.2, 0) is 64.4 Å². The van der Waals surface area contributed by atoms with E-state index in [0.29, 0.717) is 30.4 Å². The van der Waals surface area contributed by atoms with Crippen molar-refractivity contribution in [3.05, 3.63) is 74.3 Å². The van der Waals surface area contributed by atoms with E-state index in [2.05, 4.69) is 31.6 Å². The zero-order valence-corrected chi connectivity index (χ0v) is 35.7. The van der Waals surface area contributed by atoms with Crippen LogP contribution in [0.1, 0.15) is 91.2 Å². The van der Waals surface area contributed by atoms with Gasteiger partial charge in [-0.15, -0.1) is 0 Å². The predicted molar refractivity (Wildman–Crippen MR) is 222 cm³/mol. The van der Waals surface area contributed by atoms with Gasteiger partial charge in [-0.3, -0.25) is 13.8 Å². The number of aryl methyl sites for hydroxylation is 2. The number of carbonyl (C=O) groups is 3. The third-order valence-electron chi connectivity index (χ3n) is 12.5. The lowest BCUT2D eigenvalue weighted by atomic mass is 9.82. The molecule has 1 amide bonds. The number of unbranched alkanes of at least 4 members (excludes halogenated alkanes) is 2. The number of rotatable bonds is 16. The van der Waals surface area contributed by atoms with E-state index < -0.39 is 56.4 Å². The summed E-state index contributed by atoms with van der Waals surface area (Å²) >= 11 is 0. The van der Waals surface area contributed by atoms with Crippen molar-refractivity contribution in [2.75, 3.05) is 51.3 Å². The summed E-state index contributed by atoms with van der Waals surface area (Å²) in [6.07, 6.45) is 6.41. The lowest BCUT2D eigenvalue weighted by molar-refractivity contribution is -0.167. The molecule has 5 N–H and O–H groups in total. The van der Waals surface area contributed by atoms with E-state index in [-0.39, 0.29) is 22.9 Å². The van der Waals surface area contributed by atoms with Crippen molar-refractivity contribution in [3.8, 4) is 11.5 Å². The molecular weight excluding hydrogens is 829 g/mol. The SMILES string of the molecule is COS(=O)(=O)c1cc(S(=O)(=O)NCCCCCNC(=O)CC(O)(CC(=O)O)C(=O)O)ccc1C1=c2cc3c4c(c2Oc2c1cc1c5c2CCCN5CCC1)CCC[N+]=4CCC3. The fourth-order valence-electron chi connectivity index (χ4n) is 9.71. The molecule has 0 fully saturated rings. The molecule has 8 rings (SSSR count). The van der Waals surface area contributed by atoms with Crippen LogP contribution in [0, 0.1) is 0 Å². The number of benzene rings is 3. The standard InChI is InChI=1S/C43H50N4O12S2/c1-58-61(56,57)34-23-28(60(54,55)45-16-4-2-3-15-44-35(48)24-43(53,42(51)52)25-36(49)50)13-14-29(34)37-32-21-26-9-5-17-46-19-7-11-30(38(26)46)40(32)59-41-31-12-8-20-47-18-6-10-27(39(31)47)22-33(37)41/h13-14,21-23,45,53H,2-12,15-20,24-25H2,1H3,(H2-,44,48,49,50,51,52)/p+1. The summed E-state index contributed by atoms with van der Waals surface area (Å²) in [5.74, 6) is -2.77. The highest BCUT2D eigenvalue weighted by Crippen LogP contribution is 2.49. The number of nitrogens with zero attached hydrogens (tertiary/aromatic N) is 2. The van der Waals surface area contributed by atoms with Crippen LogP contribution in [0.2, 0.25) is 0 Å². The van der Waals surface area contributed by atoms with Crippen molar-refractivity contribution >= 4 is 49.2 Å². The van der Waals surface area contributed by atoms with E-state index in [1.54, 1.807) is 6.07 Å². The summed E-state index contributed by atoms with van der Waals surface area (Å²) < 4.78 is 72.6. The average molecular weight is 880 g/mol. The Hall–Kier alpha value is -4.88. The van der Waals surface area contributed by atoms with Gasteiger partial charge in [0.2, 0.25) is 21.3 Å². The minimum Gasteiger partial charge on any atom is -0.481 e. The van der Waals surface area contributed by atoms with E-state index in [9.17, 15) is 41.4 Å². The van der Waals surface area contributed by atoms with Gasteiger partial charge in [-0.05, 0) is 81.2 Å². The monoisotopic (exact) mass is 879 g/mol. The number of aliphatic hydroxyl groups is 1. The summed E-state index contributed by atoms with van der Waals surface area (Å²) in [5, 5.41) is 32.6. The fraction of sp³-hybridized carbons (Fsp3) is 0.488. The van der Waals surface area contributed by atoms with Crippen LogP contribution < -0.4 is 34.8 Å². The first-order valence-electron chi connectivity index (χ1n) is 20.9. The zero-order valence-electron chi connectivity index (χ0n) is 34.0. The Morgan fingerprint density at radius 3 is 2.28 bits per heavy atom. The van der Waals surface area contributed by atoms with Crippen LogP contribution in [0.4, 0.5) is 5.69 Å². The number of fused-ring (bicyclic) bond motifs is 4. The quantitative estimate of drug-likeness (QED) is 0.0615. The fourth-order valence-corrected chi connectivity index (χ4v) is 11.8. The van der Waals surface area contributed by atoms with Gasteiger partial charge in [0.15, 0.2) is 5.60 Å². The Labute approximate surface area is 354 Å². The van der Waals surface area contributed by atoms with Crippen molar-refractivity contribution in [2.24, 2.45) is 0 Å². The molecule has 0 saturated heterocycles. The van der Waals surface area contributed by atoms with Gasteiger partial charge >= 0.3 is 11.9 Å². The van der Waals surface area contributed by atoms with Crippen LogP contribution in [-0.4, -0.2) is 102 Å². The molecule has 0 aromatic heterocycles. The molecule has 5 heterocycles. The van der Waals surface area contributed by atoms with Gasteiger partial charge in [0.05, 0.1) is 30.4 Å². The normalized spacial score (nSPS) is 17.6. The second kappa shape index (κ2) is 16.8. The smallest absolute Gasteiger partial charge is 0.336 e. The largest absolute Gasteiger partial charge is 0.481 e. The van der Waals surface area contributed by atoms with E-state index in [1.807, 2.05) is 0 Å². The second-order valence-corrected chi connectivity index (χ2v) is 20.0. The first-order chi connectivity index (χ1) is 29.1. The molecule has 1 unspecified atom stereocenters. The van der Waals surface area contributed by atoms with Crippen LogP contribution in [0.3, 0.4) is 0 Å². The van der Waals surface area contributed by atoms with Crippen molar-refractivity contribution in [1.82, 2.24) is 14.6 Å². The molecule has 326 valence electrons. The molecule has 3 aromatic rings. The number of sulfonamides is 1. The number of nitrogens with one attached hydrogen (secondary N) is 2. The molecule has 3 aromatic carbocycles. The van der Waals surface area contributed by atoms with Gasteiger partial charge in [0.1, 0.15) is 29.5 Å². The number of aliphatic carboxylic acids is 2. The third kappa shape index (κ3) is 8.15. The minimum atomic E-state index is -4.47. The van der Waals surface area contributed by atoms with Crippen molar-refractivity contribution < 1.29 is 55.5 Å². The Kier molecular flexibility index (Phi) is 11.8. The Morgan fingerprint density at radius 2 is 1.54 bits per heavy atom. The molecule has 0 aliphatic carbocycles. The van der Waals surface area contributed by atoms with Crippen molar-refractivity contribution in [1.29, 1.82) is 0 Å². The highest BCUT2D eigenvalue weighted by molar-refractivity contribution is 7.89. The van der Waals surface area contributed by atoms with Gasteiger partial charge in [-0.2, -0.15) is 8.42 Å². The number of carbonyl (C=O) groups excluding carboxylic acids is 1. The van der Waals surface area contributed by atoms with Gasteiger partial charge in [0, 0.05) is 77.8 Å². The maximum Gasteiger partial charge on any atom is 0.336 e. The first-order valence-corrected chi connectivity index (χ1v) is 23.8. The van der Waals surface area contributed by atoms with E-state index in [0.717, 1.165) is 124 Å². The molecule has 0 radical (unpaired) electrons. The highest BCUT2D eigenvalue weighted by Gasteiger charge is 2.41. The van der Waals surface area contributed by atoms with Gasteiger partial charge < -0.3 is 30.3 Å². The van der Waals surface area contributed by atoms with E-state index in [1.165, 1.54) is 28.2 Å². The number of hydrogen-bond acceptors (Lipinski definition) is 11.